The van der Waals surface area contributed by atoms with Crippen molar-refractivity contribution in [3.05, 3.63) is 41.7 Å². The lowest BCUT2D eigenvalue weighted by Gasteiger charge is -2.44. The summed E-state index contributed by atoms with van der Waals surface area (Å²) in [6.07, 6.45) is 4.85. The highest BCUT2D eigenvalue weighted by molar-refractivity contribution is 5.46. The molecule has 0 aromatic heterocycles. The Morgan fingerprint density at radius 3 is 2.50 bits per heavy atom. The van der Waals surface area contributed by atoms with Gasteiger partial charge in [-0.1, -0.05) is 11.6 Å². The van der Waals surface area contributed by atoms with Crippen LogP contribution < -0.4 is 4.90 Å². The minimum absolute atomic E-state index is 0.156. The maximum absolute atomic E-state index is 13.1. The topological polar surface area (TPSA) is 9.72 Å². The lowest BCUT2D eigenvalue weighted by molar-refractivity contribution is 0.0977. The van der Waals surface area contributed by atoms with Crippen molar-refractivity contribution in [2.45, 2.75) is 32.7 Å². The molecule has 1 aromatic carbocycles. The van der Waals surface area contributed by atoms with Crippen LogP contribution in [0.3, 0.4) is 0 Å². The number of likely N-dealkylation sites (tertiary alicyclic amines) is 1. The molecule has 2 saturated heterocycles. The number of piperazine rings is 1. The molecule has 1 aromatic rings. The number of nitrogens with zero attached hydrogens (tertiary/aromatic N) is 3. The molecule has 1 atom stereocenters. The summed E-state index contributed by atoms with van der Waals surface area (Å²) < 4.78 is 13.1. The van der Waals surface area contributed by atoms with E-state index in [1.165, 1.54) is 31.5 Å². The molecular formula is C20H30FN3. The van der Waals surface area contributed by atoms with E-state index in [0.29, 0.717) is 6.04 Å². The van der Waals surface area contributed by atoms with E-state index < -0.39 is 0 Å². The van der Waals surface area contributed by atoms with Crippen LogP contribution in [0, 0.1) is 5.82 Å². The molecule has 0 N–H and O–H groups in total. The number of hydrogen-bond donors (Lipinski definition) is 0. The molecule has 2 fully saturated rings. The molecule has 2 aliphatic heterocycles. The first-order valence-electron chi connectivity index (χ1n) is 9.24. The van der Waals surface area contributed by atoms with Gasteiger partial charge in [0.2, 0.25) is 0 Å². The van der Waals surface area contributed by atoms with Crippen molar-refractivity contribution in [3.63, 3.8) is 0 Å². The van der Waals surface area contributed by atoms with Crippen molar-refractivity contribution in [2.75, 3.05) is 50.7 Å². The average molecular weight is 331 g/mol. The molecule has 24 heavy (non-hydrogen) atoms. The van der Waals surface area contributed by atoms with E-state index in [0.717, 1.165) is 38.4 Å². The molecule has 0 bridgehead atoms. The number of piperidine rings is 1. The molecule has 3 nitrogen and oxygen atoms in total. The van der Waals surface area contributed by atoms with Crippen molar-refractivity contribution in [1.82, 2.24) is 9.80 Å². The van der Waals surface area contributed by atoms with Gasteiger partial charge in [0.05, 0.1) is 0 Å². The molecule has 132 valence electrons. The number of benzene rings is 1. The molecule has 0 amide bonds. The molecular weight excluding hydrogens is 301 g/mol. The second-order valence-electron chi connectivity index (χ2n) is 7.17. The van der Waals surface area contributed by atoms with E-state index in [9.17, 15) is 4.39 Å². The monoisotopic (exact) mass is 331 g/mol. The third-order valence-corrected chi connectivity index (χ3v) is 5.47. The van der Waals surface area contributed by atoms with Gasteiger partial charge in [0.15, 0.2) is 0 Å². The smallest absolute Gasteiger partial charge is 0.123 e. The Morgan fingerprint density at radius 1 is 1.12 bits per heavy atom. The predicted octanol–water partition coefficient (Wildman–Crippen LogP) is 3.38. The second kappa shape index (κ2) is 8.13. The summed E-state index contributed by atoms with van der Waals surface area (Å²) in [5, 5.41) is 0. The lowest BCUT2D eigenvalue weighted by Crippen LogP contribution is -2.55. The Morgan fingerprint density at radius 2 is 1.83 bits per heavy atom. The Labute approximate surface area is 145 Å². The highest BCUT2D eigenvalue weighted by atomic mass is 19.1. The summed E-state index contributed by atoms with van der Waals surface area (Å²) in [7, 11) is 0. The Balaban J connectivity index is 1.51. The third-order valence-electron chi connectivity index (χ3n) is 5.47. The minimum Gasteiger partial charge on any atom is -0.369 e. The summed E-state index contributed by atoms with van der Waals surface area (Å²) in [6, 6.07) is 7.61. The molecule has 2 aliphatic rings. The van der Waals surface area contributed by atoms with Gasteiger partial charge >= 0.3 is 0 Å². The average Bonchev–Trinajstić information content (AvgIpc) is 2.63. The molecule has 2 heterocycles. The van der Waals surface area contributed by atoms with Crippen molar-refractivity contribution in [2.24, 2.45) is 0 Å². The van der Waals surface area contributed by atoms with Gasteiger partial charge < -0.3 is 4.90 Å². The summed E-state index contributed by atoms with van der Waals surface area (Å²) in [5.41, 5.74) is 2.61. The van der Waals surface area contributed by atoms with Gasteiger partial charge in [-0.25, -0.2) is 4.39 Å². The molecule has 0 spiro atoms. The highest BCUT2D eigenvalue weighted by Crippen LogP contribution is 2.21. The molecule has 0 aliphatic carbocycles. The third kappa shape index (κ3) is 4.37. The molecule has 0 radical (unpaired) electrons. The zero-order valence-corrected chi connectivity index (χ0v) is 15.0. The minimum atomic E-state index is -0.156. The van der Waals surface area contributed by atoms with Crippen LogP contribution in [0.5, 0.6) is 0 Å². The van der Waals surface area contributed by atoms with Crippen LogP contribution in [0.25, 0.3) is 0 Å². The Kier molecular flexibility index (Phi) is 5.90. The van der Waals surface area contributed by atoms with Gasteiger partial charge in [0.1, 0.15) is 5.82 Å². The number of hydrogen-bond acceptors (Lipinski definition) is 3. The first-order chi connectivity index (χ1) is 11.7. The predicted molar refractivity (Wildman–Crippen MR) is 99.1 cm³/mol. The highest BCUT2D eigenvalue weighted by Gasteiger charge is 2.28. The fourth-order valence-electron chi connectivity index (χ4n) is 3.91. The number of halogens is 1. The molecule has 4 heteroatoms. The maximum Gasteiger partial charge on any atom is 0.123 e. The van der Waals surface area contributed by atoms with Crippen LogP contribution in [0.4, 0.5) is 10.1 Å². The maximum atomic E-state index is 13.1. The van der Waals surface area contributed by atoms with E-state index in [1.807, 2.05) is 12.1 Å². The van der Waals surface area contributed by atoms with Crippen LogP contribution in [0.15, 0.2) is 35.9 Å². The standard InChI is InChI=1S/C20H30FN3/c1-3-17(2)15-22-10-4-5-20(16-22)24-13-11-23(12-14-24)19-8-6-18(21)7-9-19/h3,6-9,20H,4-5,10-16H2,1-2H3/b17-3+/t20-/m0/s1. The fourth-order valence-corrected chi connectivity index (χ4v) is 3.91. The fraction of sp³-hybridized carbons (Fsp3) is 0.600. The van der Waals surface area contributed by atoms with Crippen LogP contribution in [-0.2, 0) is 0 Å². The van der Waals surface area contributed by atoms with Gasteiger partial charge in [-0.15, -0.1) is 0 Å². The number of allylic oxidation sites excluding steroid dienone is 1. The van der Waals surface area contributed by atoms with Gasteiger partial charge in [0, 0.05) is 51.0 Å². The van der Waals surface area contributed by atoms with E-state index in [1.54, 1.807) is 12.1 Å². The summed E-state index contributed by atoms with van der Waals surface area (Å²) in [6.45, 7) is 12.2. The second-order valence-corrected chi connectivity index (χ2v) is 7.17. The molecule has 0 unspecified atom stereocenters. The van der Waals surface area contributed by atoms with E-state index in [4.69, 9.17) is 0 Å². The van der Waals surface area contributed by atoms with Crippen LogP contribution in [0.1, 0.15) is 26.7 Å². The zero-order chi connectivity index (χ0) is 16.9. The first-order valence-corrected chi connectivity index (χ1v) is 9.24. The van der Waals surface area contributed by atoms with Crippen molar-refractivity contribution in [1.29, 1.82) is 0 Å². The SMILES string of the molecule is C/C=C(\C)CN1CCC[C@H](N2CCN(c3ccc(F)cc3)CC2)C1. The summed E-state index contributed by atoms with van der Waals surface area (Å²) >= 11 is 0. The Hall–Kier alpha value is -1.39. The number of rotatable bonds is 4. The first kappa shape index (κ1) is 17.4. The van der Waals surface area contributed by atoms with E-state index in [2.05, 4.69) is 34.6 Å². The molecule has 0 saturated carbocycles. The Bertz CT molecular complexity index is 547. The van der Waals surface area contributed by atoms with Gasteiger partial charge in [-0.2, -0.15) is 0 Å². The largest absolute Gasteiger partial charge is 0.369 e. The summed E-state index contributed by atoms with van der Waals surface area (Å²) in [5.74, 6) is -0.156. The normalized spacial score (nSPS) is 24.4. The van der Waals surface area contributed by atoms with Crippen molar-refractivity contribution >= 4 is 5.69 Å². The van der Waals surface area contributed by atoms with Gasteiger partial charge in [0.25, 0.3) is 0 Å². The summed E-state index contributed by atoms with van der Waals surface area (Å²) in [4.78, 5) is 7.65. The van der Waals surface area contributed by atoms with Crippen molar-refractivity contribution in [3.8, 4) is 0 Å². The quantitative estimate of drug-likeness (QED) is 0.783. The van der Waals surface area contributed by atoms with Crippen molar-refractivity contribution < 1.29 is 4.39 Å². The molecule has 3 rings (SSSR count). The van der Waals surface area contributed by atoms with Gasteiger partial charge in [-0.05, 0) is 57.5 Å². The van der Waals surface area contributed by atoms with E-state index >= 15 is 0 Å². The number of anilines is 1. The lowest BCUT2D eigenvalue weighted by atomic mass is 10.0. The van der Waals surface area contributed by atoms with Crippen LogP contribution >= 0.6 is 0 Å². The zero-order valence-electron chi connectivity index (χ0n) is 15.0. The van der Waals surface area contributed by atoms with Gasteiger partial charge in [-0.3, -0.25) is 9.80 Å². The van der Waals surface area contributed by atoms with Crippen LogP contribution in [-0.4, -0.2) is 61.7 Å². The van der Waals surface area contributed by atoms with Crippen LogP contribution in [0.2, 0.25) is 0 Å². The van der Waals surface area contributed by atoms with E-state index in [-0.39, 0.29) is 5.82 Å².